The second-order valence-corrected chi connectivity index (χ2v) is 7.21. The lowest BCUT2D eigenvalue weighted by molar-refractivity contribution is -0.384. The summed E-state index contributed by atoms with van der Waals surface area (Å²) >= 11 is 6.02. The maximum Gasteiger partial charge on any atom is 0.270 e. The summed E-state index contributed by atoms with van der Waals surface area (Å²) in [7, 11) is 0. The molecule has 2 amide bonds. The molecule has 2 rings (SSSR count). The van der Waals surface area contributed by atoms with Crippen molar-refractivity contribution < 1.29 is 19.2 Å². The maximum absolute atomic E-state index is 12.9. The highest BCUT2D eigenvalue weighted by Gasteiger charge is 2.32. The Labute approximate surface area is 163 Å². The van der Waals surface area contributed by atoms with E-state index >= 15 is 0 Å². The topological polar surface area (TPSA) is 102 Å². The number of nitro groups is 1. The van der Waals surface area contributed by atoms with Crippen LogP contribution < -0.4 is 5.32 Å². The van der Waals surface area contributed by atoms with Crippen LogP contribution in [0.5, 0.6) is 0 Å². The van der Waals surface area contributed by atoms with Crippen molar-refractivity contribution in [2.75, 3.05) is 19.7 Å². The molecule has 8 nitrogen and oxygen atoms in total. The van der Waals surface area contributed by atoms with Crippen LogP contribution in [0.3, 0.4) is 0 Å². The van der Waals surface area contributed by atoms with Crippen LogP contribution in [0.15, 0.2) is 18.2 Å². The molecule has 2 atom stereocenters. The summed E-state index contributed by atoms with van der Waals surface area (Å²) in [6, 6.07) is 2.90. The van der Waals surface area contributed by atoms with Gasteiger partial charge >= 0.3 is 0 Å². The molecule has 1 aromatic carbocycles. The summed E-state index contributed by atoms with van der Waals surface area (Å²) in [6.07, 6.45) is 0.802. The molecule has 0 aliphatic carbocycles. The third-order valence-corrected chi connectivity index (χ3v) is 4.85. The minimum absolute atomic E-state index is 0.00432. The fourth-order valence-corrected chi connectivity index (χ4v) is 3.16. The van der Waals surface area contributed by atoms with Crippen molar-refractivity contribution in [3.05, 3.63) is 38.9 Å². The van der Waals surface area contributed by atoms with Gasteiger partial charge in [0.25, 0.3) is 11.6 Å². The Hall–Kier alpha value is -2.19. The molecule has 1 aliphatic heterocycles. The number of nitrogens with zero attached hydrogens (tertiary/aromatic N) is 2. The number of amides is 2. The second-order valence-electron chi connectivity index (χ2n) is 6.80. The van der Waals surface area contributed by atoms with Crippen LogP contribution in [0.2, 0.25) is 5.02 Å². The lowest BCUT2D eigenvalue weighted by Crippen LogP contribution is -2.55. The smallest absolute Gasteiger partial charge is 0.270 e. The number of ether oxygens (including phenoxy) is 1. The van der Waals surface area contributed by atoms with E-state index in [-0.39, 0.29) is 34.2 Å². The van der Waals surface area contributed by atoms with Crippen molar-refractivity contribution in [2.45, 2.75) is 39.3 Å². The number of carbonyl (C=O) groups excluding carboxylic acids is 2. The molecular formula is C18H24ClN3O5. The minimum atomic E-state index is -0.723. The van der Waals surface area contributed by atoms with Crippen LogP contribution in [0.4, 0.5) is 5.69 Å². The molecule has 148 valence electrons. The van der Waals surface area contributed by atoms with E-state index in [2.05, 4.69) is 5.32 Å². The van der Waals surface area contributed by atoms with Crippen molar-refractivity contribution in [1.82, 2.24) is 10.2 Å². The first kappa shape index (κ1) is 21.1. The molecule has 0 saturated carbocycles. The van der Waals surface area contributed by atoms with Gasteiger partial charge in [-0.15, -0.1) is 0 Å². The largest absolute Gasteiger partial charge is 0.375 e. The van der Waals surface area contributed by atoms with Crippen molar-refractivity contribution in [3.8, 4) is 0 Å². The summed E-state index contributed by atoms with van der Waals surface area (Å²) in [5, 5.41) is 13.5. The monoisotopic (exact) mass is 397 g/mol. The Morgan fingerprint density at radius 1 is 1.44 bits per heavy atom. The fraction of sp³-hybridized carbons (Fsp3) is 0.556. The summed E-state index contributed by atoms with van der Waals surface area (Å²) < 4.78 is 5.59. The van der Waals surface area contributed by atoms with Gasteiger partial charge in [-0.2, -0.15) is 0 Å². The van der Waals surface area contributed by atoms with Gasteiger partial charge in [-0.05, 0) is 18.4 Å². The highest BCUT2D eigenvalue weighted by molar-refractivity contribution is 6.34. The number of halogens is 1. The van der Waals surface area contributed by atoms with Crippen LogP contribution in [0.1, 0.15) is 37.6 Å². The van der Waals surface area contributed by atoms with Crippen molar-refractivity contribution in [1.29, 1.82) is 0 Å². The summed E-state index contributed by atoms with van der Waals surface area (Å²) in [5.41, 5.74) is -0.110. The van der Waals surface area contributed by atoms with Gasteiger partial charge in [-0.3, -0.25) is 19.7 Å². The molecule has 1 aliphatic rings. The van der Waals surface area contributed by atoms with E-state index < -0.39 is 16.9 Å². The Bertz CT molecular complexity index is 725. The molecule has 1 N–H and O–H groups in total. The lowest BCUT2D eigenvalue weighted by atomic mass is 10.0. The SMILES string of the molecule is CC[C@H]1CN(C(=O)[C@H](NC(=O)c2ccc([N+](=O)[O-])cc2Cl)C(C)C)CCO1. The second kappa shape index (κ2) is 9.14. The van der Waals surface area contributed by atoms with Crippen LogP contribution in [0.25, 0.3) is 0 Å². The minimum Gasteiger partial charge on any atom is -0.375 e. The Kier molecular flexibility index (Phi) is 7.15. The molecule has 0 bridgehead atoms. The van der Waals surface area contributed by atoms with Gasteiger partial charge < -0.3 is 15.0 Å². The molecule has 0 radical (unpaired) electrons. The van der Waals surface area contributed by atoms with Crippen molar-refractivity contribution in [3.63, 3.8) is 0 Å². The zero-order valence-electron chi connectivity index (χ0n) is 15.6. The number of hydrogen-bond acceptors (Lipinski definition) is 5. The van der Waals surface area contributed by atoms with Crippen LogP contribution in [-0.4, -0.2) is 53.5 Å². The molecule has 9 heteroatoms. The summed E-state index contributed by atoms with van der Waals surface area (Å²) in [5.74, 6) is -0.846. The molecule has 0 aromatic heterocycles. The first-order valence-corrected chi connectivity index (χ1v) is 9.27. The molecular weight excluding hydrogens is 374 g/mol. The average Bonchev–Trinajstić information content (AvgIpc) is 2.64. The summed E-state index contributed by atoms with van der Waals surface area (Å²) in [6.45, 7) is 7.13. The van der Waals surface area contributed by atoms with Crippen molar-refractivity contribution >= 4 is 29.1 Å². The highest BCUT2D eigenvalue weighted by atomic mass is 35.5. The first-order valence-electron chi connectivity index (χ1n) is 8.89. The van der Waals surface area contributed by atoms with Gasteiger partial charge in [0, 0.05) is 25.2 Å². The van der Waals surface area contributed by atoms with E-state index in [4.69, 9.17) is 16.3 Å². The first-order chi connectivity index (χ1) is 12.7. The highest BCUT2D eigenvalue weighted by Crippen LogP contribution is 2.23. The van der Waals surface area contributed by atoms with Gasteiger partial charge in [0.2, 0.25) is 5.91 Å². The van der Waals surface area contributed by atoms with Gasteiger partial charge in [-0.25, -0.2) is 0 Å². The predicted molar refractivity (Wildman–Crippen MR) is 101 cm³/mol. The quantitative estimate of drug-likeness (QED) is 0.587. The zero-order valence-corrected chi connectivity index (χ0v) is 16.4. The number of non-ortho nitro benzene ring substituents is 1. The molecule has 0 spiro atoms. The number of nitro benzene ring substituents is 1. The average molecular weight is 398 g/mol. The molecule has 1 fully saturated rings. The van der Waals surface area contributed by atoms with Crippen molar-refractivity contribution in [2.24, 2.45) is 5.92 Å². The van der Waals surface area contributed by atoms with Gasteiger partial charge in [0.05, 0.1) is 28.2 Å². The normalized spacial score (nSPS) is 18.3. The molecule has 27 heavy (non-hydrogen) atoms. The van der Waals surface area contributed by atoms with Gasteiger partial charge in [-0.1, -0.05) is 32.4 Å². The molecule has 1 aromatic rings. The fourth-order valence-electron chi connectivity index (χ4n) is 2.90. The zero-order chi connectivity index (χ0) is 20.1. The third-order valence-electron chi connectivity index (χ3n) is 4.53. The number of morpholine rings is 1. The number of hydrogen-bond donors (Lipinski definition) is 1. The van der Waals surface area contributed by atoms with E-state index in [0.717, 1.165) is 12.5 Å². The predicted octanol–water partition coefficient (Wildman–Crippen LogP) is 2.64. The number of carbonyl (C=O) groups is 2. The Morgan fingerprint density at radius 3 is 2.70 bits per heavy atom. The van der Waals surface area contributed by atoms with Gasteiger partial charge in [0.15, 0.2) is 0 Å². The molecule has 0 unspecified atom stereocenters. The number of benzene rings is 1. The number of rotatable bonds is 6. The maximum atomic E-state index is 12.9. The standard InChI is InChI=1S/C18H24ClN3O5/c1-4-13-10-21(7-8-27-13)18(24)16(11(2)3)20-17(23)14-6-5-12(22(25)26)9-15(14)19/h5-6,9,11,13,16H,4,7-8,10H2,1-3H3,(H,20,23)/t13-,16+/m0/s1. The van der Waals surface area contributed by atoms with Gasteiger partial charge in [0.1, 0.15) is 6.04 Å². The molecule has 1 saturated heterocycles. The van der Waals surface area contributed by atoms with Crippen LogP contribution in [0, 0.1) is 16.0 Å². The lowest BCUT2D eigenvalue weighted by Gasteiger charge is -2.35. The van der Waals surface area contributed by atoms with E-state index in [0.29, 0.717) is 19.7 Å². The van der Waals surface area contributed by atoms with Crippen LogP contribution in [-0.2, 0) is 9.53 Å². The Morgan fingerprint density at radius 2 is 2.15 bits per heavy atom. The number of nitrogens with one attached hydrogen (secondary N) is 1. The van der Waals surface area contributed by atoms with Crippen LogP contribution >= 0.6 is 11.6 Å². The van der Waals surface area contributed by atoms with E-state index in [1.54, 1.807) is 4.90 Å². The molecule has 1 heterocycles. The third kappa shape index (κ3) is 5.17. The van der Waals surface area contributed by atoms with E-state index in [1.165, 1.54) is 12.1 Å². The Balaban J connectivity index is 2.14. The van der Waals surface area contributed by atoms with E-state index in [9.17, 15) is 19.7 Å². The van der Waals surface area contributed by atoms with E-state index in [1.807, 2.05) is 20.8 Å². The summed E-state index contributed by atoms with van der Waals surface area (Å²) in [4.78, 5) is 37.5.